The molecule has 1 aliphatic heterocycles. The van der Waals surface area contributed by atoms with Gasteiger partial charge in [0.2, 0.25) is 5.89 Å². The highest BCUT2D eigenvalue weighted by molar-refractivity contribution is 5.66. The lowest BCUT2D eigenvalue weighted by Gasteiger charge is -2.25. The van der Waals surface area contributed by atoms with Gasteiger partial charge in [0.05, 0.1) is 19.9 Å². The number of rotatable bonds is 5. The van der Waals surface area contributed by atoms with Crippen molar-refractivity contribution >= 4 is 5.57 Å². The monoisotopic (exact) mass is 346 g/mol. The van der Waals surface area contributed by atoms with Crippen LogP contribution in [0.15, 0.2) is 71.3 Å². The first-order chi connectivity index (χ1) is 12.8. The summed E-state index contributed by atoms with van der Waals surface area (Å²) >= 11 is 0. The Morgan fingerprint density at radius 1 is 1.04 bits per heavy atom. The highest BCUT2D eigenvalue weighted by Gasteiger charge is 2.16. The minimum Gasteiger partial charge on any atom is -0.497 e. The molecule has 1 aliphatic rings. The van der Waals surface area contributed by atoms with E-state index in [1.54, 1.807) is 13.3 Å². The van der Waals surface area contributed by atoms with E-state index < -0.39 is 0 Å². The van der Waals surface area contributed by atoms with Crippen molar-refractivity contribution in [3.8, 4) is 17.1 Å². The third-order valence-electron chi connectivity index (χ3n) is 4.72. The molecule has 26 heavy (non-hydrogen) atoms. The maximum absolute atomic E-state index is 5.94. The molecule has 0 amide bonds. The number of hydrogen-bond acceptors (Lipinski definition) is 4. The summed E-state index contributed by atoms with van der Waals surface area (Å²) in [5.41, 5.74) is 3.76. The zero-order valence-electron chi connectivity index (χ0n) is 14.9. The van der Waals surface area contributed by atoms with Gasteiger partial charge >= 0.3 is 0 Å². The molecule has 1 aromatic heterocycles. The number of benzene rings is 2. The molecule has 4 rings (SSSR count). The van der Waals surface area contributed by atoms with E-state index in [2.05, 4.69) is 46.3 Å². The largest absolute Gasteiger partial charge is 0.497 e. The van der Waals surface area contributed by atoms with Crippen molar-refractivity contribution in [1.82, 2.24) is 9.88 Å². The standard InChI is InChI=1S/C22H22N2O2/c1-25-20-9-7-19(8-10-20)21-15-23-22(26-21)16-24-13-11-18(12-14-24)17-5-3-2-4-6-17/h2-11,15H,12-14,16H2,1H3. The maximum atomic E-state index is 5.94. The van der Waals surface area contributed by atoms with E-state index in [-0.39, 0.29) is 0 Å². The SMILES string of the molecule is COc1ccc(-c2cnc(CN3CC=C(c4ccccc4)CC3)o2)cc1. The third kappa shape index (κ3) is 3.70. The van der Waals surface area contributed by atoms with Crippen molar-refractivity contribution in [3.63, 3.8) is 0 Å². The van der Waals surface area contributed by atoms with E-state index in [1.165, 1.54) is 11.1 Å². The molecule has 0 saturated heterocycles. The highest BCUT2D eigenvalue weighted by Crippen LogP contribution is 2.25. The second-order valence-electron chi connectivity index (χ2n) is 6.43. The van der Waals surface area contributed by atoms with Crippen LogP contribution in [-0.4, -0.2) is 30.1 Å². The Hall–Kier alpha value is -2.85. The smallest absolute Gasteiger partial charge is 0.209 e. The van der Waals surface area contributed by atoms with Gasteiger partial charge in [-0.05, 0) is 41.8 Å². The summed E-state index contributed by atoms with van der Waals surface area (Å²) in [5.74, 6) is 2.38. The number of nitrogens with zero attached hydrogens (tertiary/aromatic N) is 2. The second-order valence-corrected chi connectivity index (χ2v) is 6.43. The third-order valence-corrected chi connectivity index (χ3v) is 4.72. The van der Waals surface area contributed by atoms with E-state index in [0.29, 0.717) is 0 Å². The molecule has 0 unspecified atom stereocenters. The van der Waals surface area contributed by atoms with Crippen molar-refractivity contribution < 1.29 is 9.15 Å². The first kappa shape index (κ1) is 16.6. The molecule has 0 bridgehead atoms. The fourth-order valence-electron chi connectivity index (χ4n) is 3.23. The van der Waals surface area contributed by atoms with Crippen LogP contribution in [0.3, 0.4) is 0 Å². The summed E-state index contributed by atoms with van der Waals surface area (Å²) in [6.07, 6.45) is 5.16. The predicted octanol–water partition coefficient (Wildman–Crippen LogP) is 4.64. The minimum atomic E-state index is 0.731. The van der Waals surface area contributed by atoms with Gasteiger partial charge in [0.15, 0.2) is 5.76 Å². The Labute approximate surface area is 153 Å². The Kier molecular flexibility index (Phi) is 4.84. The van der Waals surface area contributed by atoms with Crippen LogP contribution >= 0.6 is 0 Å². The number of hydrogen-bond donors (Lipinski definition) is 0. The van der Waals surface area contributed by atoms with Gasteiger partial charge in [0.25, 0.3) is 0 Å². The van der Waals surface area contributed by atoms with Crippen LogP contribution in [0.2, 0.25) is 0 Å². The Bertz CT molecular complexity index is 882. The summed E-state index contributed by atoms with van der Waals surface area (Å²) in [6.45, 7) is 2.67. The van der Waals surface area contributed by atoms with Gasteiger partial charge < -0.3 is 9.15 Å². The lowest BCUT2D eigenvalue weighted by atomic mass is 10.00. The van der Waals surface area contributed by atoms with Gasteiger partial charge in [0.1, 0.15) is 5.75 Å². The summed E-state index contributed by atoms with van der Waals surface area (Å²) in [5, 5.41) is 0. The van der Waals surface area contributed by atoms with Crippen molar-refractivity contribution in [2.24, 2.45) is 0 Å². The van der Waals surface area contributed by atoms with Gasteiger partial charge in [-0.25, -0.2) is 4.98 Å². The Morgan fingerprint density at radius 3 is 2.54 bits per heavy atom. The first-order valence-electron chi connectivity index (χ1n) is 8.88. The van der Waals surface area contributed by atoms with Crippen LogP contribution in [0, 0.1) is 0 Å². The zero-order valence-corrected chi connectivity index (χ0v) is 14.9. The summed E-state index contributed by atoms with van der Waals surface area (Å²) < 4.78 is 11.1. The zero-order chi connectivity index (χ0) is 17.8. The van der Waals surface area contributed by atoms with E-state index in [1.807, 2.05) is 24.3 Å². The lowest BCUT2D eigenvalue weighted by molar-refractivity contribution is 0.263. The summed E-state index contributed by atoms with van der Waals surface area (Å²) in [4.78, 5) is 6.80. The Balaban J connectivity index is 1.39. The molecule has 0 radical (unpaired) electrons. The van der Waals surface area contributed by atoms with Gasteiger partial charge in [-0.1, -0.05) is 36.4 Å². The molecule has 0 atom stereocenters. The molecule has 0 spiro atoms. The lowest BCUT2D eigenvalue weighted by Crippen LogP contribution is -2.28. The topological polar surface area (TPSA) is 38.5 Å². The molecule has 4 nitrogen and oxygen atoms in total. The van der Waals surface area contributed by atoms with Crippen molar-refractivity contribution in [1.29, 1.82) is 0 Å². The van der Waals surface area contributed by atoms with Crippen molar-refractivity contribution in [2.75, 3.05) is 20.2 Å². The maximum Gasteiger partial charge on any atom is 0.209 e. The van der Waals surface area contributed by atoms with Gasteiger partial charge in [0, 0.05) is 18.7 Å². The second kappa shape index (κ2) is 7.58. The molecule has 2 aromatic carbocycles. The summed E-state index contributed by atoms with van der Waals surface area (Å²) in [6, 6.07) is 18.4. The molecule has 0 N–H and O–H groups in total. The van der Waals surface area contributed by atoms with E-state index in [4.69, 9.17) is 9.15 Å². The van der Waals surface area contributed by atoms with E-state index >= 15 is 0 Å². The van der Waals surface area contributed by atoms with Crippen molar-refractivity contribution in [2.45, 2.75) is 13.0 Å². The molecular formula is C22H22N2O2. The van der Waals surface area contributed by atoms with Gasteiger partial charge in [-0.15, -0.1) is 0 Å². The quantitative estimate of drug-likeness (QED) is 0.675. The molecule has 3 aromatic rings. The van der Waals surface area contributed by atoms with E-state index in [0.717, 1.165) is 49.0 Å². The van der Waals surface area contributed by atoms with E-state index in [9.17, 15) is 0 Å². The van der Waals surface area contributed by atoms with Gasteiger partial charge in [-0.3, -0.25) is 4.90 Å². The minimum absolute atomic E-state index is 0.731. The van der Waals surface area contributed by atoms with Crippen LogP contribution in [0.5, 0.6) is 5.75 Å². The number of ether oxygens (including phenoxy) is 1. The van der Waals surface area contributed by atoms with Crippen LogP contribution in [-0.2, 0) is 6.54 Å². The van der Waals surface area contributed by atoms with Gasteiger partial charge in [-0.2, -0.15) is 0 Å². The number of methoxy groups -OCH3 is 1. The molecule has 0 fully saturated rings. The van der Waals surface area contributed by atoms with Crippen LogP contribution < -0.4 is 4.74 Å². The number of aromatic nitrogens is 1. The molecular weight excluding hydrogens is 324 g/mol. The number of oxazole rings is 1. The first-order valence-corrected chi connectivity index (χ1v) is 8.88. The highest BCUT2D eigenvalue weighted by atomic mass is 16.5. The molecule has 2 heterocycles. The van der Waals surface area contributed by atoms with Crippen LogP contribution in [0.1, 0.15) is 17.9 Å². The fraction of sp³-hybridized carbons (Fsp3) is 0.227. The molecule has 0 aliphatic carbocycles. The average molecular weight is 346 g/mol. The fourth-order valence-corrected chi connectivity index (χ4v) is 3.23. The van der Waals surface area contributed by atoms with Crippen LogP contribution in [0.4, 0.5) is 0 Å². The Morgan fingerprint density at radius 2 is 1.85 bits per heavy atom. The molecule has 4 heteroatoms. The molecule has 132 valence electrons. The molecule has 0 saturated carbocycles. The average Bonchev–Trinajstić information content (AvgIpc) is 3.18. The predicted molar refractivity (Wildman–Crippen MR) is 103 cm³/mol. The normalized spacial score (nSPS) is 14.9. The van der Waals surface area contributed by atoms with Crippen molar-refractivity contribution in [3.05, 3.63) is 78.3 Å². The van der Waals surface area contributed by atoms with Crippen LogP contribution in [0.25, 0.3) is 16.9 Å². The summed E-state index contributed by atoms with van der Waals surface area (Å²) in [7, 11) is 1.66.